The molecule has 1 fully saturated rings. The van der Waals surface area contributed by atoms with Gasteiger partial charge in [-0.25, -0.2) is 4.98 Å². The van der Waals surface area contributed by atoms with Gasteiger partial charge in [-0.05, 0) is 48.9 Å². The van der Waals surface area contributed by atoms with Crippen LogP contribution >= 0.6 is 0 Å². The zero-order chi connectivity index (χ0) is 25.1. The third kappa shape index (κ3) is 4.85. The Hall–Kier alpha value is -4.79. The Bertz CT molecular complexity index is 1490. The second kappa shape index (κ2) is 9.83. The van der Waals surface area contributed by atoms with E-state index in [2.05, 4.69) is 20.6 Å². The Kier molecular flexibility index (Phi) is 6.27. The molecule has 2 amide bonds. The zero-order valence-corrected chi connectivity index (χ0v) is 19.4. The van der Waals surface area contributed by atoms with Crippen molar-refractivity contribution in [2.45, 2.75) is 12.8 Å². The monoisotopic (exact) mass is 480 g/mol. The van der Waals surface area contributed by atoms with Crippen molar-refractivity contribution in [3.8, 4) is 0 Å². The van der Waals surface area contributed by atoms with Crippen LogP contribution in [0.3, 0.4) is 0 Å². The molecule has 1 aliphatic rings. The smallest absolute Gasteiger partial charge is 0.254 e. The zero-order valence-electron chi connectivity index (χ0n) is 19.4. The van der Waals surface area contributed by atoms with Crippen molar-refractivity contribution in [3.63, 3.8) is 0 Å². The molecule has 0 atom stereocenters. The lowest BCUT2D eigenvalue weighted by Gasteiger charge is -2.26. The number of piperidine rings is 1. The summed E-state index contributed by atoms with van der Waals surface area (Å²) < 4.78 is 0. The number of hydrogen-bond acceptors (Lipinski definition) is 7. The molecule has 0 aliphatic carbocycles. The molecule has 0 spiro atoms. The summed E-state index contributed by atoms with van der Waals surface area (Å²) in [6, 6.07) is 21.5. The van der Waals surface area contributed by atoms with E-state index in [1.807, 2.05) is 30.3 Å². The number of amides is 2. The molecule has 0 unspecified atom stereocenters. The maximum Gasteiger partial charge on any atom is 0.254 e. The van der Waals surface area contributed by atoms with Gasteiger partial charge in [-0.15, -0.1) is 0 Å². The van der Waals surface area contributed by atoms with Gasteiger partial charge in [-0.3, -0.25) is 14.4 Å². The molecule has 1 aliphatic heterocycles. The number of carbonyl (C=O) groups excluding carboxylic acids is 3. The summed E-state index contributed by atoms with van der Waals surface area (Å²) in [7, 11) is 0. The molecule has 9 nitrogen and oxygen atoms in total. The van der Waals surface area contributed by atoms with Gasteiger partial charge in [-0.1, -0.05) is 30.3 Å². The molecule has 1 aromatic heterocycles. The number of Topliss-reactive ketones (excluding diaryl/α,β-unsaturated/α-hetero) is 1. The van der Waals surface area contributed by atoms with Crippen LogP contribution in [0.1, 0.15) is 33.6 Å². The number of primary amides is 1. The number of ketones is 1. The van der Waals surface area contributed by atoms with E-state index in [1.54, 1.807) is 47.4 Å². The van der Waals surface area contributed by atoms with E-state index in [0.717, 1.165) is 5.39 Å². The summed E-state index contributed by atoms with van der Waals surface area (Å²) in [5.41, 5.74) is 8.21. The Morgan fingerprint density at radius 3 is 2.56 bits per heavy atom. The topological polar surface area (TPSA) is 130 Å². The van der Waals surface area contributed by atoms with E-state index in [0.29, 0.717) is 59.2 Å². The fourth-order valence-corrected chi connectivity index (χ4v) is 4.22. The number of hydrogen-bond donors (Lipinski definition) is 3. The van der Waals surface area contributed by atoms with E-state index in [-0.39, 0.29) is 18.2 Å². The molecule has 36 heavy (non-hydrogen) atoms. The molecule has 9 heteroatoms. The third-order valence-electron chi connectivity index (χ3n) is 5.95. The predicted molar refractivity (Wildman–Crippen MR) is 138 cm³/mol. The number of nitrogens with zero attached hydrogens (tertiary/aromatic N) is 3. The first kappa shape index (κ1) is 23.0. The van der Waals surface area contributed by atoms with Crippen LogP contribution in [-0.2, 0) is 4.79 Å². The van der Waals surface area contributed by atoms with E-state index >= 15 is 0 Å². The third-order valence-corrected chi connectivity index (χ3v) is 5.95. The van der Waals surface area contributed by atoms with Crippen LogP contribution in [0.5, 0.6) is 0 Å². The highest BCUT2D eigenvalue weighted by molar-refractivity contribution is 6.01. The van der Waals surface area contributed by atoms with Crippen LogP contribution in [0.2, 0.25) is 0 Å². The minimum absolute atomic E-state index is 0.0754. The Labute approximate surface area is 207 Å². The minimum Gasteiger partial charge on any atom is -0.366 e. The summed E-state index contributed by atoms with van der Waals surface area (Å²) in [5, 5.41) is 7.16. The molecule has 1 saturated heterocycles. The molecular weight excluding hydrogens is 456 g/mol. The molecule has 180 valence electrons. The van der Waals surface area contributed by atoms with Gasteiger partial charge in [0.2, 0.25) is 5.95 Å². The Morgan fingerprint density at radius 1 is 0.917 bits per heavy atom. The first-order valence-corrected chi connectivity index (χ1v) is 11.6. The second-order valence-electron chi connectivity index (χ2n) is 8.52. The fourth-order valence-electron chi connectivity index (χ4n) is 4.22. The number of para-hydroxylation sites is 2. The van der Waals surface area contributed by atoms with Gasteiger partial charge >= 0.3 is 0 Å². The normalized spacial score (nSPS) is 13.4. The lowest BCUT2D eigenvalue weighted by atomic mass is 10.1. The SMILES string of the molecule is NC(=O)c1ccccc1Nc1nc(Nc2cccc(C(=O)N3CCCC(=O)C3)c2)nc2ccccc12. The molecule has 0 radical (unpaired) electrons. The summed E-state index contributed by atoms with van der Waals surface area (Å²) >= 11 is 0. The molecular formula is C27H24N6O3. The van der Waals surface area contributed by atoms with Crippen molar-refractivity contribution >= 4 is 51.6 Å². The van der Waals surface area contributed by atoms with Crippen LogP contribution in [0.4, 0.5) is 23.1 Å². The van der Waals surface area contributed by atoms with Crippen LogP contribution in [0.15, 0.2) is 72.8 Å². The molecule has 0 saturated carbocycles. The van der Waals surface area contributed by atoms with Gasteiger partial charge in [-0.2, -0.15) is 4.98 Å². The summed E-state index contributed by atoms with van der Waals surface area (Å²) in [6.07, 6.45) is 1.20. The first-order valence-electron chi connectivity index (χ1n) is 11.6. The van der Waals surface area contributed by atoms with Crippen molar-refractivity contribution in [2.24, 2.45) is 5.73 Å². The molecule has 0 bridgehead atoms. The maximum absolute atomic E-state index is 12.9. The lowest BCUT2D eigenvalue weighted by molar-refractivity contribution is -0.121. The Balaban J connectivity index is 1.45. The Morgan fingerprint density at radius 2 is 1.72 bits per heavy atom. The highest BCUT2D eigenvalue weighted by atomic mass is 16.2. The molecule has 4 aromatic rings. The van der Waals surface area contributed by atoms with Crippen molar-refractivity contribution in [2.75, 3.05) is 23.7 Å². The number of rotatable bonds is 6. The number of fused-ring (bicyclic) bond motifs is 1. The highest BCUT2D eigenvalue weighted by Gasteiger charge is 2.22. The average molecular weight is 481 g/mol. The fraction of sp³-hybridized carbons (Fsp3) is 0.148. The number of likely N-dealkylation sites (tertiary alicyclic amines) is 1. The van der Waals surface area contributed by atoms with Gasteiger partial charge in [0.15, 0.2) is 5.78 Å². The summed E-state index contributed by atoms with van der Waals surface area (Å²) in [4.78, 5) is 47.4. The molecule has 4 N–H and O–H groups in total. The van der Waals surface area contributed by atoms with E-state index < -0.39 is 5.91 Å². The van der Waals surface area contributed by atoms with Gasteiger partial charge in [0, 0.05) is 29.6 Å². The van der Waals surface area contributed by atoms with Crippen molar-refractivity contribution in [3.05, 3.63) is 83.9 Å². The maximum atomic E-state index is 12.9. The minimum atomic E-state index is -0.549. The summed E-state index contributed by atoms with van der Waals surface area (Å²) in [5.74, 6) is 0.149. The second-order valence-corrected chi connectivity index (χ2v) is 8.52. The number of benzene rings is 3. The van der Waals surface area contributed by atoms with Gasteiger partial charge in [0.05, 0.1) is 23.3 Å². The quantitative estimate of drug-likeness (QED) is 0.380. The number of nitrogens with one attached hydrogen (secondary N) is 2. The van der Waals surface area contributed by atoms with Crippen LogP contribution in [0.25, 0.3) is 10.9 Å². The van der Waals surface area contributed by atoms with E-state index in [9.17, 15) is 14.4 Å². The van der Waals surface area contributed by atoms with Gasteiger partial charge < -0.3 is 21.3 Å². The van der Waals surface area contributed by atoms with E-state index in [4.69, 9.17) is 5.73 Å². The van der Waals surface area contributed by atoms with Gasteiger partial charge in [0.25, 0.3) is 11.8 Å². The van der Waals surface area contributed by atoms with Crippen LogP contribution in [0, 0.1) is 0 Å². The molecule has 5 rings (SSSR count). The largest absolute Gasteiger partial charge is 0.366 e. The number of anilines is 4. The number of carbonyl (C=O) groups is 3. The lowest BCUT2D eigenvalue weighted by Crippen LogP contribution is -2.40. The molecule has 3 aromatic carbocycles. The van der Waals surface area contributed by atoms with Crippen molar-refractivity contribution in [1.29, 1.82) is 0 Å². The van der Waals surface area contributed by atoms with Gasteiger partial charge in [0.1, 0.15) is 5.82 Å². The average Bonchev–Trinajstić information content (AvgIpc) is 2.88. The number of aromatic nitrogens is 2. The molecule has 2 heterocycles. The number of nitrogens with two attached hydrogens (primary N) is 1. The van der Waals surface area contributed by atoms with Crippen molar-refractivity contribution in [1.82, 2.24) is 14.9 Å². The van der Waals surface area contributed by atoms with Crippen molar-refractivity contribution < 1.29 is 14.4 Å². The van der Waals surface area contributed by atoms with Crippen LogP contribution in [-0.4, -0.2) is 45.6 Å². The van der Waals surface area contributed by atoms with Crippen LogP contribution < -0.4 is 16.4 Å². The summed E-state index contributed by atoms with van der Waals surface area (Å²) in [6.45, 7) is 0.712. The first-order chi connectivity index (χ1) is 17.5. The predicted octanol–water partition coefficient (Wildman–Crippen LogP) is 4.02. The standard InChI is InChI=1S/C27H24N6O3/c28-24(35)20-10-1-3-12-22(20)30-25-21-11-2-4-13-23(21)31-27(32-25)29-18-8-5-7-17(15-18)26(36)33-14-6-9-19(34)16-33/h1-5,7-8,10-13,15H,6,9,14,16H2,(H2,28,35)(H2,29,30,31,32). The highest BCUT2D eigenvalue weighted by Crippen LogP contribution is 2.28. The van der Waals surface area contributed by atoms with E-state index in [1.165, 1.54) is 0 Å².